The molecule has 1 amide bonds. The van der Waals surface area contributed by atoms with Crippen LogP contribution in [0.4, 0.5) is 22.4 Å². The molecule has 1 heterocycles. The fourth-order valence-electron chi connectivity index (χ4n) is 2.07. The highest BCUT2D eigenvalue weighted by Gasteiger charge is 2.73. The van der Waals surface area contributed by atoms with Gasteiger partial charge in [-0.2, -0.15) is 13.2 Å². The Kier molecular flexibility index (Phi) is 3.95. The van der Waals surface area contributed by atoms with Gasteiger partial charge < -0.3 is 14.7 Å². The van der Waals surface area contributed by atoms with Crippen LogP contribution in [0, 0.1) is 5.41 Å². The van der Waals surface area contributed by atoms with Crippen molar-refractivity contribution in [3.63, 3.8) is 0 Å². The third-order valence-corrected chi connectivity index (χ3v) is 3.41. The first-order chi connectivity index (χ1) is 9.14. The van der Waals surface area contributed by atoms with Gasteiger partial charge in [0.1, 0.15) is 11.0 Å². The molecular formula is C12H17F4NO4. The van der Waals surface area contributed by atoms with Crippen molar-refractivity contribution in [2.24, 2.45) is 5.41 Å². The SMILES string of the molecule is CC(C)(C)OC(=O)N1CC(F)(C(=O)O)C(C)(C(F)(F)F)C1. The molecule has 1 aliphatic heterocycles. The third-order valence-electron chi connectivity index (χ3n) is 3.41. The van der Waals surface area contributed by atoms with Crippen molar-refractivity contribution in [2.75, 3.05) is 13.1 Å². The van der Waals surface area contributed by atoms with Gasteiger partial charge in [-0.05, 0) is 27.7 Å². The number of carboxylic acids is 1. The zero-order chi connectivity index (χ0) is 16.9. The predicted octanol–water partition coefficient (Wildman–Crippen LogP) is 2.60. The second-order valence-corrected chi connectivity index (χ2v) is 6.27. The van der Waals surface area contributed by atoms with Crippen molar-refractivity contribution in [1.82, 2.24) is 4.90 Å². The molecule has 0 aromatic carbocycles. The average Bonchev–Trinajstić information content (AvgIpc) is 2.51. The van der Waals surface area contributed by atoms with Gasteiger partial charge in [0.15, 0.2) is 0 Å². The molecule has 0 aromatic heterocycles. The number of alkyl halides is 4. The highest BCUT2D eigenvalue weighted by molar-refractivity contribution is 5.82. The molecule has 0 spiro atoms. The van der Waals surface area contributed by atoms with Crippen molar-refractivity contribution < 1.29 is 37.0 Å². The van der Waals surface area contributed by atoms with Crippen LogP contribution in [0.2, 0.25) is 0 Å². The quantitative estimate of drug-likeness (QED) is 0.755. The van der Waals surface area contributed by atoms with E-state index in [1.807, 2.05) is 0 Å². The van der Waals surface area contributed by atoms with E-state index in [0.29, 0.717) is 11.8 Å². The number of nitrogens with zero attached hydrogens (tertiary/aromatic N) is 1. The van der Waals surface area contributed by atoms with E-state index in [4.69, 9.17) is 9.84 Å². The van der Waals surface area contributed by atoms with E-state index in [-0.39, 0.29) is 0 Å². The summed E-state index contributed by atoms with van der Waals surface area (Å²) < 4.78 is 58.6. The van der Waals surface area contributed by atoms with Crippen LogP contribution in [0.3, 0.4) is 0 Å². The highest BCUT2D eigenvalue weighted by Crippen LogP contribution is 2.53. The lowest BCUT2D eigenvalue weighted by Gasteiger charge is -2.34. The van der Waals surface area contributed by atoms with Crippen LogP contribution in [-0.2, 0) is 9.53 Å². The molecule has 1 aliphatic rings. The third kappa shape index (κ3) is 2.91. The second-order valence-electron chi connectivity index (χ2n) is 6.27. The summed E-state index contributed by atoms with van der Waals surface area (Å²) in [5.41, 5.74) is -7.82. The maximum absolute atomic E-state index is 14.5. The Bertz CT molecular complexity index is 459. The summed E-state index contributed by atoms with van der Waals surface area (Å²) in [6, 6.07) is 0. The molecule has 1 saturated heterocycles. The minimum atomic E-state index is -5.13. The number of hydrogen-bond donors (Lipinski definition) is 1. The Morgan fingerprint density at radius 3 is 1.95 bits per heavy atom. The number of rotatable bonds is 1. The lowest BCUT2D eigenvalue weighted by Crippen LogP contribution is -2.56. The molecule has 1 fully saturated rings. The first-order valence-corrected chi connectivity index (χ1v) is 6.11. The number of halogens is 4. The van der Waals surface area contributed by atoms with Crippen LogP contribution < -0.4 is 0 Å². The molecule has 1 N–H and O–H groups in total. The van der Waals surface area contributed by atoms with Crippen LogP contribution in [0.25, 0.3) is 0 Å². The smallest absolute Gasteiger partial charge is 0.410 e. The van der Waals surface area contributed by atoms with Gasteiger partial charge in [-0.3, -0.25) is 0 Å². The zero-order valence-corrected chi connectivity index (χ0v) is 12.0. The van der Waals surface area contributed by atoms with Crippen LogP contribution >= 0.6 is 0 Å². The fraction of sp³-hybridized carbons (Fsp3) is 0.833. The summed E-state index contributed by atoms with van der Waals surface area (Å²) in [7, 11) is 0. The first kappa shape index (κ1) is 17.5. The normalized spacial score (nSPS) is 30.4. The van der Waals surface area contributed by atoms with Crippen molar-refractivity contribution in [2.45, 2.75) is 45.1 Å². The fourth-order valence-corrected chi connectivity index (χ4v) is 2.07. The molecule has 21 heavy (non-hydrogen) atoms. The van der Waals surface area contributed by atoms with Crippen LogP contribution in [0.15, 0.2) is 0 Å². The Labute approximate surface area is 118 Å². The van der Waals surface area contributed by atoms with Crippen molar-refractivity contribution in [3.05, 3.63) is 0 Å². The highest BCUT2D eigenvalue weighted by atomic mass is 19.4. The summed E-state index contributed by atoms with van der Waals surface area (Å²) in [5, 5.41) is 8.85. The second kappa shape index (κ2) is 4.74. The van der Waals surface area contributed by atoms with Gasteiger partial charge in [0.05, 0.1) is 6.54 Å². The zero-order valence-electron chi connectivity index (χ0n) is 12.0. The van der Waals surface area contributed by atoms with Crippen LogP contribution in [-0.4, -0.2) is 52.6 Å². The predicted molar refractivity (Wildman–Crippen MR) is 63.4 cm³/mol. The monoisotopic (exact) mass is 315 g/mol. The maximum atomic E-state index is 14.5. The number of likely N-dealkylation sites (tertiary alicyclic amines) is 1. The van der Waals surface area contributed by atoms with E-state index in [1.165, 1.54) is 20.8 Å². The molecule has 0 bridgehead atoms. The van der Waals surface area contributed by atoms with E-state index in [2.05, 4.69) is 0 Å². The summed E-state index contributed by atoms with van der Waals surface area (Å²) in [6.07, 6.45) is -6.31. The minimum Gasteiger partial charge on any atom is -0.479 e. The molecule has 0 radical (unpaired) electrons. The van der Waals surface area contributed by atoms with Gasteiger partial charge in [-0.25, -0.2) is 14.0 Å². The molecule has 5 nitrogen and oxygen atoms in total. The molecule has 1 rings (SSSR count). The summed E-state index contributed by atoms with van der Waals surface area (Å²) in [6.45, 7) is 2.59. The summed E-state index contributed by atoms with van der Waals surface area (Å²) in [4.78, 5) is 23.2. The minimum absolute atomic E-state index is 0.437. The molecule has 0 saturated carbocycles. The topological polar surface area (TPSA) is 66.8 Å². The van der Waals surface area contributed by atoms with Gasteiger partial charge in [-0.15, -0.1) is 0 Å². The number of hydrogen-bond acceptors (Lipinski definition) is 3. The molecule has 2 unspecified atom stereocenters. The first-order valence-electron chi connectivity index (χ1n) is 6.11. The van der Waals surface area contributed by atoms with Gasteiger partial charge in [0.25, 0.3) is 0 Å². The van der Waals surface area contributed by atoms with Gasteiger partial charge in [0.2, 0.25) is 5.67 Å². The lowest BCUT2D eigenvalue weighted by molar-refractivity contribution is -0.248. The molecule has 122 valence electrons. The Balaban J connectivity index is 3.14. The van der Waals surface area contributed by atoms with E-state index in [9.17, 15) is 27.2 Å². The Morgan fingerprint density at radius 2 is 1.67 bits per heavy atom. The van der Waals surface area contributed by atoms with Crippen molar-refractivity contribution in [1.29, 1.82) is 0 Å². The maximum Gasteiger partial charge on any atom is 0.410 e. The van der Waals surface area contributed by atoms with E-state index < -0.39 is 48.0 Å². The van der Waals surface area contributed by atoms with Crippen LogP contribution in [0.5, 0.6) is 0 Å². The molecule has 0 aliphatic carbocycles. The van der Waals surface area contributed by atoms with Gasteiger partial charge in [-0.1, -0.05) is 0 Å². The molecule has 9 heteroatoms. The largest absolute Gasteiger partial charge is 0.479 e. The number of carboxylic acid groups (broad SMARTS) is 1. The van der Waals surface area contributed by atoms with E-state index in [1.54, 1.807) is 0 Å². The summed E-state index contributed by atoms with van der Waals surface area (Å²) >= 11 is 0. The van der Waals surface area contributed by atoms with Crippen molar-refractivity contribution in [3.8, 4) is 0 Å². The number of ether oxygens (including phenoxy) is 1. The number of carbonyl (C=O) groups is 2. The summed E-state index contributed by atoms with van der Waals surface area (Å²) in [5.74, 6) is -2.26. The Hall–Kier alpha value is -1.54. The molecule has 0 aromatic rings. The number of carbonyl (C=O) groups excluding carboxylic acids is 1. The van der Waals surface area contributed by atoms with Gasteiger partial charge >= 0.3 is 18.2 Å². The number of aliphatic carboxylic acids is 1. The lowest BCUT2D eigenvalue weighted by atomic mass is 9.76. The average molecular weight is 315 g/mol. The standard InChI is InChI=1S/C12H17F4NO4/c1-9(2,3)21-8(20)17-5-10(4,12(14,15)16)11(13,6-17)7(18)19/h5-6H2,1-4H3,(H,18,19). The molecular weight excluding hydrogens is 298 g/mol. The van der Waals surface area contributed by atoms with E-state index >= 15 is 0 Å². The molecule has 2 atom stereocenters. The number of amides is 1. The van der Waals surface area contributed by atoms with Gasteiger partial charge in [0, 0.05) is 6.54 Å². The van der Waals surface area contributed by atoms with Crippen LogP contribution in [0.1, 0.15) is 27.7 Å². The van der Waals surface area contributed by atoms with E-state index in [0.717, 1.165) is 0 Å². The Morgan fingerprint density at radius 1 is 1.19 bits per heavy atom. The van der Waals surface area contributed by atoms with Crippen molar-refractivity contribution >= 4 is 12.1 Å².